The minimum Gasteiger partial charge on any atom is -0.481 e. The molecular weight excluding hydrogens is 240 g/mol. The largest absolute Gasteiger partial charge is 2.00 e. The van der Waals surface area contributed by atoms with Crippen LogP contribution in [0.15, 0.2) is 0 Å². The van der Waals surface area contributed by atoms with E-state index in [2.05, 4.69) is 34.6 Å². The van der Waals surface area contributed by atoms with E-state index in [1.807, 2.05) is 6.92 Å². The molecular formula is C13H26CrO2. The molecule has 96 valence electrons. The topological polar surface area (TPSA) is 37.3 Å². The number of aliphatic carboxylic acids is 1. The number of rotatable bonds is 4. The molecule has 0 bridgehead atoms. The summed E-state index contributed by atoms with van der Waals surface area (Å²) in [5.41, 5.74) is 0.250. The van der Waals surface area contributed by atoms with E-state index in [0.717, 1.165) is 12.8 Å². The van der Waals surface area contributed by atoms with Crippen LogP contribution in [-0.2, 0) is 22.2 Å². The summed E-state index contributed by atoms with van der Waals surface area (Å²) in [6.07, 6.45) is 1.90. The molecule has 0 saturated heterocycles. The van der Waals surface area contributed by atoms with Crippen LogP contribution in [0, 0.1) is 31.1 Å². The van der Waals surface area contributed by atoms with Crippen LogP contribution < -0.4 is 0 Å². The van der Waals surface area contributed by atoms with Gasteiger partial charge in [0.2, 0.25) is 0 Å². The second-order valence-corrected chi connectivity index (χ2v) is 5.24. The summed E-state index contributed by atoms with van der Waals surface area (Å²) < 4.78 is 0. The first-order valence-corrected chi connectivity index (χ1v) is 5.50. The molecule has 16 heavy (non-hydrogen) atoms. The van der Waals surface area contributed by atoms with Gasteiger partial charge in [0.25, 0.3) is 0 Å². The van der Waals surface area contributed by atoms with Crippen molar-refractivity contribution >= 4 is 5.97 Å². The molecule has 0 amide bonds. The van der Waals surface area contributed by atoms with Crippen LogP contribution in [0.2, 0.25) is 0 Å². The minimum absolute atomic E-state index is 0. The van der Waals surface area contributed by atoms with E-state index >= 15 is 0 Å². The van der Waals surface area contributed by atoms with Crippen molar-refractivity contribution in [3.8, 4) is 0 Å². The van der Waals surface area contributed by atoms with E-state index in [1.165, 1.54) is 0 Å². The smallest absolute Gasteiger partial charge is 0.481 e. The van der Waals surface area contributed by atoms with Gasteiger partial charge >= 0.3 is 23.3 Å². The predicted octanol–water partition coefficient (Wildman–Crippen LogP) is 3.82. The van der Waals surface area contributed by atoms with Crippen molar-refractivity contribution in [2.24, 2.45) is 17.3 Å². The second kappa shape index (κ2) is 10.2. The van der Waals surface area contributed by atoms with E-state index in [1.54, 1.807) is 6.92 Å². The van der Waals surface area contributed by atoms with Crippen LogP contribution in [-0.4, -0.2) is 11.1 Å². The SMILES string of the molecule is [CH2-]C(C)(C)C.[CH2-]C(CCC)C(C)C(=O)O.[Cr+2]. The van der Waals surface area contributed by atoms with Crippen LogP contribution in [0.25, 0.3) is 0 Å². The van der Waals surface area contributed by atoms with Crippen LogP contribution in [0.4, 0.5) is 0 Å². The third kappa shape index (κ3) is 19.6. The first kappa shape index (κ1) is 21.3. The third-order valence-electron chi connectivity index (χ3n) is 1.76. The zero-order valence-electron chi connectivity index (χ0n) is 11.2. The van der Waals surface area contributed by atoms with Crippen molar-refractivity contribution in [2.75, 3.05) is 0 Å². The number of hydrogen-bond acceptors (Lipinski definition) is 1. The Balaban J connectivity index is -0.000000242. The van der Waals surface area contributed by atoms with E-state index < -0.39 is 5.97 Å². The number of hydrogen-bond donors (Lipinski definition) is 1. The molecule has 0 rings (SSSR count). The molecule has 0 aliphatic heterocycles. The molecule has 0 radical (unpaired) electrons. The zero-order chi connectivity index (χ0) is 12.6. The van der Waals surface area contributed by atoms with Crippen LogP contribution in [0.5, 0.6) is 0 Å². The average molecular weight is 266 g/mol. The van der Waals surface area contributed by atoms with Gasteiger partial charge in [0.1, 0.15) is 0 Å². The zero-order valence-corrected chi connectivity index (χ0v) is 12.5. The van der Waals surface area contributed by atoms with Gasteiger partial charge in [0, 0.05) is 5.92 Å². The van der Waals surface area contributed by atoms with Gasteiger partial charge < -0.3 is 19.0 Å². The maximum atomic E-state index is 10.4. The van der Waals surface area contributed by atoms with Gasteiger partial charge in [-0.2, -0.15) is 11.3 Å². The van der Waals surface area contributed by atoms with Crippen LogP contribution in [0.1, 0.15) is 47.5 Å². The summed E-state index contributed by atoms with van der Waals surface area (Å²) in [4.78, 5) is 10.4. The van der Waals surface area contributed by atoms with E-state index in [4.69, 9.17) is 5.11 Å². The molecule has 2 nitrogen and oxygen atoms in total. The summed E-state index contributed by atoms with van der Waals surface area (Å²) in [6.45, 7) is 17.5. The van der Waals surface area contributed by atoms with Crippen molar-refractivity contribution in [1.29, 1.82) is 0 Å². The normalized spacial score (nSPS) is 13.9. The molecule has 0 aliphatic carbocycles. The summed E-state index contributed by atoms with van der Waals surface area (Å²) >= 11 is 0. The summed E-state index contributed by atoms with van der Waals surface area (Å²) in [5, 5.41) is 8.54. The molecule has 1 N–H and O–H groups in total. The maximum absolute atomic E-state index is 10.4. The molecule has 0 spiro atoms. The van der Waals surface area contributed by atoms with Crippen molar-refractivity contribution in [3.05, 3.63) is 13.8 Å². The quantitative estimate of drug-likeness (QED) is 0.785. The van der Waals surface area contributed by atoms with E-state index in [-0.39, 0.29) is 34.6 Å². The minimum atomic E-state index is -0.742. The van der Waals surface area contributed by atoms with Gasteiger partial charge in [-0.05, 0) is 0 Å². The first-order chi connectivity index (χ1) is 6.59. The fourth-order valence-corrected chi connectivity index (χ4v) is 0.822. The van der Waals surface area contributed by atoms with Crippen molar-refractivity contribution in [1.82, 2.24) is 0 Å². The Hall–Kier alpha value is 0.00247. The Morgan fingerprint density at radius 3 is 1.88 bits per heavy atom. The molecule has 0 heterocycles. The maximum Gasteiger partial charge on any atom is 2.00 e. The van der Waals surface area contributed by atoms with Crippen LogP contribution in [0.3, 0.4) is 0 Å². The van der Waals surface area contributed by atoms with Gasteiger partial charge in [-0.25, -0.2) is 0 Å². The predicted molar refractivity (Wildman–Crippen MR) is 65.4 cm³/mol. The Kier molecular flexibility index (Phi) is 13.5. The second-order valence-electron chi connectivity index (χ2n) is 5.24. The van der Waals surface area contributed by atoms with Gasteiger partial charge in [-0.3, -0.25) is 4.79 Å². The first-order valence-electron chi connectivity index (χ1n) is 5.50. The van der Waals surface area contributed by atoms with Crippen molar-refractivity contribution in [3.63, 3.8) is 0 Å². The number of carbonyl (C=O) groups is 1. The Labute approximate surface area is 112 Å². The fourth-order valence-electron chi connectivity index (χ4n) is 0.822. The fraction of sp³-hybridized carbons (Fsp3) is 0.769. The molecule has 3 heteroatoms. The van der Waals surface area contributed by atoms with Crippen molar-refractivity contribution in [2.45, 2.75) is 47.5 Å². The number of carboxylic acid groups (broad SMARTS) is 1. The van der Waals surface area contributed by atoms with Crippen LogP contribution >= 0.6 is 0 Å². The third-order valence-corrected chi connectivity index (χ3v) is 1.76. The molecule has 2 atom stereocenters. The molecule has 0 aromatic carbocycles. The molecule has 0 saturated carbocycles. The Morgan fingerprint density at radius 1 is 1.38 bits per heavy atom. The van der Waals surface area contributed by atoms with Gasteiger partial charge in [0.15, 0.2) is 0 Å². The molecule has 0 aromatic heterocycles. The Bertz CT molecular complexity index is 167. The Morgan fingerprint density at radius 2 is 1.69 bits per heavy atom. The number of carboxylic acids is 1. The van der Waals surface area contributed by atoms with E-state index in [9.17, 15) is 4.79 Å². The van der Waals surface area contributed by atoms with E-state index in [0.29, 0.717) is 0 Å². The average Bonchev–Trinajstić information content (AvgIpc) is 2.00. The van der Waals surface area contributed by atoms with Gasteiger partial charge in [-0.15, -0.1) is 0 Å². The molecule has 2 unspecified atom stereocenters. The summed E-state index contributed by atoms with van der Waals surface area (Å²) in [7, 11) is 0. The molecule has 0 aliphatic rings. The van der Waals surface area contributed by atoms with Gasteiger partial charge in [-0.1, -0.05) is 47.5 Å². The molecule has 0 aromatic rings. The molecule has 0 fully saturated rings. The standard InChI is InChI=1S/C8H15O2.C5H11.Cr/c1-4-5-6(2)7(3)8(9)10;1-5(2,3)4;/h6-7H,2,4-5H2,1,3H3,(H,9,10);1H2,2-4H3;/q2*-1;+2. The summed E-state index contributed by atoms with van der Waals surface area (Å²) in [5.74, 6) is -0.990. The van der Waals surface area contributed by atoms with Gasteiger partial charge in [0.05, 0.1) is 0 Å². The van der Waals surface area contributed by atoms with Crippen molar-refractivity contribution < 1.29 is 27.3 Å². The monoisotopic (exact) mass is 266 g/mol. The summed E-state index contributed by atoms with van der Waals surface area (Å²) in [6, 6.07) is 0.